The molecule has 5 heteroatoms. The second-order valence-electron chi connectivity index (χ2n) is 14.5. The lowest BCUT2D eigenvalue weighted by molar-refractivity contribution is 0.654. The van der Waals surface area contributed by atoms with Gasteiger partial charge in [0.2, 0.25) is 5.71 Å². The van der Waals surface area contributed by atoms with Gasteiger partial charge in [0, 0.05) is 67.6 Å². The van der Waals surface area contributed by atoms with Crippen LogP contribution in [0.1, 0.15) is 0 Å². The molecule has 0 aliphatic rings. The predicted molar refractivity (Wildman–Crippen MR) is 241 cm³/mol. The van der Waals surface area contributed by atoms with Crippen molar-refractivity contribution in [2.24, 2.45) is 0 Å². The van der Waals surface area contributed by atoms with E-state index in [0.717, 1.165) is 78.3 Å². The highest BCUT2D eigenvalue weighted by Gasteiger charge is 2.20. The number of fused-ring (bicyclic) bond motifs is 6. The molecule has 0 amide bonds. The minimum absolute atomic E-state index is 0.661. The molecule has 11 aromatic rings. The van der Waals surface area contributed by atoms with Crippen LogP contribution in [0.25, 0.3) is 60.7 Å². The molecule has 11 rings (SSSR count). The van der Waals surface area contributed by atoms with Gasteiger partial charge in [0.05, 0.1) is 11.0 Å². The number of benzene rings is 8. The zero-order chi connectivity index (χ0) is 38.4. The summed E-state index contributed by atoms with van der Waals surface area (Å²) in [6, 6.07) is 75.4. The van der Waals surface area contributed by atoms with Gasteiger partial charge in [-0.3, -0.25) is 0 Å². The van der Waals surface area contributed by atoms with Gasteiger partial charge in [0.1, 0.15) is 5.58 Å². The van der Waals surface area contributed by atoms with Crippen molar-refractivity contribution < 1.29 is 4.42 Å². The summed E-state index contributed by atoms with van der Waals surface area (Å²) in [5, 5.41) is 4.44. The molecule has 0 atom stereocenters. The summed E-state index contributed by atoms with van der Waals surface area (Å²) in [7, 11) is 0. The number of aromatic nitrogens is 2. The average molecular weight is 745 g/mol. The van der Waals surface area contributed by atoms with E-state index >= 15 is 0 Å². The van der Waals surface area contributed by atoms with Crippen molar-refractivity contribution in [2.75, 3.05) is 9.80 Å². The summed E-state index contributed by atoms with van der Waals surface area (Å²) in [5.41, 5.74) is 13.6. The Bertz CT molecular complexity index is 2990. The number of rotatable bonds is 8. The van der Waals surface area contributed by atoms with Gasteiger partial charge in [-0.2, -0.15) is 0 Å². The van der Waals surface area contributed by atoms with Gasteiger partial charge >= 0.3 is 0 Å². The van der Waals surface area contributed by atoms with Crippen molar-refractivity contribution in [3.63, 3.8) is 0 Å². The Balaban J connectivity index is 1.09. The molecule has 0 aliphatic heterocycles. The van der Waals surface area contributed by atoms with Crippen LogP contribution in [0, 0.1) is 0 Å². The predicted octanol–water partition coefficient (Wildman–Crippen LogP) is 14.7. The topological polar surface area (TPSA) is 37.4 Å². The molecule has 274 valence electrons. The van der Waals surface area contributed by atoms with Gasteiger partial charge in [-0.05, 0) is 132 Å². The van der Waals surface area contributed by atoms with Gasteiger partial charge in [0.25, 0.3) is 0 Å². The molecule has 0 fully saturated rings. The van der Waals surface area contributed by atoms with Crippen molar-refractivity contribution in [1.82, 2.24) is 9.55 Å². The second-order valence-corrected chi connectivity index (χ2v) is 14.5. The van der Waals surface area contributed by atoms with Crippen molar-refractivity contribution in [3.8, 4) is 16.8 Å². The Morgan fingerprint density at radius 1 is 0.362 bits per heavy atom. The Labute approximate surface area is 335 Å². The van der Waals surface area contributed by atoms with Crippen molar-refractivity contribution in [2.45, 2.75) is 0 Å². The Hall–Kier alpha value is -7.89. The van der Waals surface area contributed by atoms with Crippen molar-refractivity contribution in [3.05, 3.63) is 219 Å². The molecule has 0 radical (unpaired) electrons. The maximum Gasteiger partial charge on any atom is 0.227 e. The fourth-order valence-corrected chi connectivity index (χ4v) is 8.35. The summed E-state index contributed by atoms with van der Waals surface area (Å²) >= 11 is 0. The molecule has 3 aromatic heterocycles. The molecular formula is C53H36N4O. The molecule has 0 N–H and O–H groups in total. The third-order valence-electron chi connectivity index (χ3n) is 11.0. The summed E-state index contributed by atoms with van der Waals surface area (Å²) < 4.78 is 8.53. The molecular weight excluding hydrogens is 709 g/mol. The Morgan fingerprint density at radius 3 is 1.34 bits per heavy atom. The fourth-order valence-electron chi connectivity index (χ4n) is 8.35. The van der Waals surface area contributed by atoms with Gasteiger partial charge in [-0.1, -0.05) is 91.0 Å². The molecule has 0 saturated heterocycles. The zero-order valence-corrected chi connectivity index (χ0v) is 31.5. The highest BCUT2D eigenvalue weighted by molar-refractivity contribution is 6.12. The van der Waals surface area contributed by atoms with Crippen LogP contribution >= 0.6 is 0 Å². The van der Waals surface area contributed by atoms with Crippen LogP contribution in [-0.4, -0.2) is 9.55 Å². The van der Waals surface area contributed by atoms with Crippen LogP contribution in [0.5, 0.6) is 0 Å². The number of furan rings is 1. The van der Waals surface area contributed by atoms with E-state index in [1.807, 2.05) is 6.07 Å². The van der Waals surface area contributed by atoms with E-state index in [1.165, 1.54) is 10.8 Å². The molecule has 0 aliphatic carbocycles. The first-order chi connectivity index (χ1) is 28.8. The summed E-state index contributed by atoms with van der Waals surface area (Å²) in [4.78, 5) is 9.09. The summed E-state index contributed by atoms with van der Waals surface area (Å²) in [5.74, 6) is 0. The average Bonchev–Trinajstić information content (AvgIpc) is 3.83. The van der Waals surface area contributed by atoms with Gasteiger partial charge in [0.15, 0.2) is 0 Å². The fraction of sp³-hybridized carbons (Fsp3) is 0. The van der Waals surface area contributed by atoms with E-state index in [0.29, 0.717) is 5.71 Å². The first-order valence-electron chi connectivity index (χ1n) is 19.5. The minimum Gasteiger partial charge on any atom is -0.438 e. The summed E-state index contributed by atoms with van der Waals surface area (Å²) in [6.45, 7) is 0. The summed E-state index contributed by atoms with van der Waals surface area (Å²) in [6.07, 6.45) is 1.77. The quantitative estimate of drug-likeness (QED) is 0.155. The van der Waals surface area contributed by atoms with Gasteiger partial charge in [-0.25, -0.2) is 4.98 Å². The van der Waals surface area contributed by atoms with Crippen LogP contribution in [0.2, 0.25) is 0 Å². The molecule has 0 unspecified atom stereocenters. The SMILES string of the molecule is c1ccc(N(c2ccccc2)c2ccc3c(c2)c2cc(N(c4ccccc4)c4ccccc4)ccc2n3-c2ccc(-c3ccc4c(c3)oc3ncccc34)cc2)cc1. The van der Waals surface area contributed by atoms with E-state index in [2.05, 4.69) is 226 Å². The molecule has 0 bridgehead atoms. The minimum atomic E-state index is 0.661. The number of hydrogen-bond acceptors (Lipinski definition) is 4. The molecule has 58 heavy (non-hydrogen) atoms. The molecule has 5 nitrogen and oxygen atoms in total. The lowest BCUT2D eigenvalue weighted by atomic mass is 10.0. The standard InChI is InChI=1S/C53H36N4O/c1-5-14-39(15-6-1)55(40-16-7-2-8-17-40)44-28-31-50-48(35-44)49-36-45(56(41-18-9-3-10-19-41)42-20-11-4-12-21-42)29-32-51(49)57(50)43-26-23-37(24-27-43)38-25-30-46-47-22-13-33-54-53(47)58-52(46)34-38/h1-36H. The number of para-hydroxylation sites is 4. The first-order valence-corrected chi connectivity index (χ1v) is 19.5. The Kier molecular flexibility index (Phi) is 8.07. The van der Waals surface area contributed by atoms with Gasteiger partial charge < -0.3 is 18.8 Å². The lowest BCUT2D eigenvalue weighted by Gasteiger charge is -2.26. The maximum absolute atomic E-state index is 6.14. The van der Waals surface area contributed by atoms with Gasteiger partial charge in [-0.15, -0.1) is 0 Å². The third kappa shape index (κ3) is 5.76. The molecule has 0 spiro atoms. The maximum atomic E-state index is 6.14. The van der Waals surface area contributed by atoms with E-state index in [-0.39, 0.29) is 0 Å². The van der Waals surface area contributed by atoms with E-state index in [4.69, 9.17) is 4.42 Å². The molecule has 8 aromatic carbocycles. The number of anilines is 6. The third-order valence-corrected chi connectivity index (χ3v) is 11.0. The lowest BCUT2D eigenvalue weighted by Crippen LogP contribution is -2.09. The second kappa shape index (κ2) is 14.0. The van der Waals surface area contributed by atoms with Crippen LogP contribution in [0.3, 0.4) is 0 Å². The molecule has 3 heterocycles. The van der Waals surface area contributed by atoms with E-state index < -0.39 is 0 Å². The van der Waals surface area contributed by atoms with Crippen LogP contribution in [-0.2, 0) is 0 Å². The zero-order valence-electron chi connectivity index (χ0n) is 31.5. The van der Waals surface area contributed by atoms with E-state index in [1.54, 1.807) is 6.20 Å². The van der Waals surface area contributed by atoms with Crippen LogP contribution < -0.4 is 9.80 Å². The van der Waals surface area contributed by atoms with Crippen LogP contribution in [0.4, 0.5) is 34.1 Å². The smallest absolute Gasteiger partial charge is 0.227 e. The first kappa shape index (κ1) is 33.4. The highest BCUT2D eigenvalue weighted by atomic mass is 16.3. The van der Waals surface area contributed by atoms with Crippen molar-refractivity contribution in [1.29, 1.82) is 0 Å². The Morgan fingerprint density at radius 2 is 0.845 bits per heavy atom. The van der Waals surface area contributed by atoms with Crippen LogP contribution in [0.15, 0.2) is 223 Å². The van der Waals surface area contributed by atoms with E-state index in [9.17, 15) is 0 Å². The number of nitrogens with zero attached hydrogens (tertiary/aromatic N) is 4. The monoisotopic (exact) mass is 744 g/mol. The van der Waals surface area contributed by atoms with Crippen molar-refractivity contribution >= 4 is 78.0 Å². The normalized spacial score (nSPS) is 11.4. The highest BCUT2D eigenvalue weighted by Crippen LogP contribution is 2.43. The number of pyridine rings is 1. The largest absolute Gasteiger partial charge is 0.438 e. The number of hydrogen-bond donors (Lipinski definition) is 0. The molecule has 0 saturated carbocycles.